The molecule has 11 nitrogen and oxygen atoms in total. The first-order valence-electron chi connectivity index (χ1n) is 13.1. The van der Waals surface area contributed by atoms with Crippen molar-refractivity contribution in [2.45, 2.75) is 32.2 Å². The van der Waals surface area contributed by atoms with Crippen molar-refractivity contribution < 1.29 is 19.1 Å². The number of nitrogens with one attached hydrogen (secondary N) is 1. The van der Waals surface area contributed by atoms with Crippen molar-refractivity contribution in [3.63, 3.8) is 0 Å². The van der Waals surface area contributed by atoms with Gasteiger partial charge in [-0.3, -0.25) is 9.59 Å². The Morgan fingerprint density at radius 2 is 1.85 bits per heavy atom. The number of nitroso groups, excluding NO2 is 1. The zero-order chi connectivity index (χ0) is 29.1. The highest BCUT2D eigenvalue weighted by Gasteiger charge is 2.28. The van der Waals surface area contributed by atoms with Gasteiger partial charge in [-0.25, -0.2) is 4.98 Å². The van der Waals surface area contributed by atoms with E-state index in [2.05, 4.69) is 20.5 Å². The molecule has 1 aliphatic rings. The van der Waals surface area contributed by atoms with Gasteiger partial charge in [0, 0.05) is 35.6 Å². The minimum absolute atomic E-state index is 0.211. The second kappa shape index (κ2) is 11.6. The van der Waals surface area contributed by atoms with Gasteiger partial charge in [-0.15, -0.1) is 16.2 Å². The number of anilines is 2. The topological polar surface area (TPSA) is 149 Å². The van der Waals surface area contributed by atoms with Crippen LogP contribution in [-0.2, 0) is 14.9 Å². The van der Waals surface area contributed by atoms with E-state index in [1.54, 1.807) is 42.6 Å². The maximum absolute atomic E-state index is 13.4. The van der Waals surface area contributed by atoms with E-state index < -0.39 is 17.9 Å². The van der Waals surface area contributed by atoms with Crippen LogP contribution in [0, 0.1) is 4.91 Å². The smallest absolute Gasteiger partial charge is 0.260 e. The molecule has 212 valence electrons. The fourth-order valence-electron chi connectivity index (χ4n) is 4.52. The second-order valence-electron chi connectivity index (χ2n) is 10.6. The SMILES string of the molecule is CC(C)(C)c1cc(NC(=O)C(N=O)c2ccc(Oc3ccnc(N4CCOCC4)n3)c3ccccc23)c(C(N)=O)s1. The van der Waals surface area contributed by atoms with Gasteiger partial charge in [0.25, 0.3) is 11.8 Å². The maximum Gasteiger partial charge on any atom is 0.260 e. The maximum atomic E-state index is 13.4. The molecule has 1 fully saturated rings. The van der Waals surface area contributed by atoms with Gasteiger partial charge in [0.2, 0.25) is 11.8 Å². The van der Waals surface area contributed by atoms with E-state index in [9.17, 15) is 14.5 Å². The average molecular weight is 575 g/mol. The van der Waals surface area contributed by atoms with E-state index in [1.807, 2.05) is 37.8 Å². The van der Waals surface area contributed by atoms with Gasteiger partial charge >= 0.3 is 0 Å². The number of primary amides is 1. The molecule has 2 aromatic heterocycles. The van der Waals surface area contributed by atoms with Crippen molar-refractivity contribution in [3.8, 4) is 11.6 Å². The Bertz CT molecular complexity index is 1610. The quantitative estimate of drug-likeness (QED) is 0.274. The van der Waals surface area contributed by atoms with Crippen LogP contribution in [0.2, 0.25) is 0 Å². The highest BCUT2D eigenvalue weighted by Crippen LogP contribution is 2.38. The molecule has 0 aliphatic carbocycles. The molecule has 12 heteroatoms. The largest absolute Gasteiger partial charge is 0.438 e. The van der Waals surface area contributed by atoms with E-state index in [0.29, 0.717) is 60.2 Å². The lowest BCUT2D eigenvalue weighted by Gasteiger charge is -2.26. The number of hydrogen-bond donors (Lipinski definition) is 2. The lowest BCUT2D eigenvalue weighted by molar-refractivity contribution is -0.117. The Morgan fingerprint density at radius 1 is 1.12 bits per heavy atom. The van der Waals surface area contributed by atoms with Crippen LogP contribution >= 0.6 is 11.3 Å². The number of nitrogens with zero attached hydrogens (tertiary/aromatic N) is 4. The number of aromatic nitrogens is 2. The summed E-state index contributed by atoms with van der Waals surface area (Å²) >= 11 is 1.21. The van der Waals surface area contributed by atoms with E-state index in [0.717, 1.165) is 4.88 Å². The highest BCUT2D eigenvalue weighted by molar-refractivity contribution is 7.14. The van der Waals surface area contributed by atoms with Gasteiger partial charge in [0.1, 0.15) is 10.6 Å². The zero-order valence-electron chi connectivity index (χ0n) is 22.9. The summed E-state index contributed by atoms with van der Waals surface area (Å²) in [5.74, 6) is 0.0559. The molecular formula is C29H30N6O5S. The van der Waals surface area contributed by atoms with E-state index >= 15 is 0 Å². The Hall–Kier alpha value is -4.42. The Kier molecular flexibility index (Phi) is 7.95. The normalized spacial score (nSPS) is 14.5. The number of carbonyl (C=O) groups is 2. The summed E-state index contributed by atoms with van der Waals surface area (Å²) < 4.78 is 11.6. The van der Waals surface area contributed by atoms with Crippen LogP contribution < -0.4 is 20.7 Å². The fraction of sp³-hybridized carbons (Fsp3) is 0.310. The number of benzene rings is 2. The van der Waals surface area contributed by atoms with E-state index in [-0.39, 0.29) is 16.0 Å². The number of carbonyl (C=O) groups excluding carboxylic acids is 2. The van der Waals surface area contributed by atoms with Gasteiger partial charge in [-0.05, 0) is 28.5 Å². The van der Waals surface area contributed by atoms with Crippen molar-refractivity contribution in [2.75, 3.05) is 36.5 Å². The van der Waals surface area contributed by atoms with Crippen LogP contribution in [0.4, 0.5) is 11.6 Å². The van der Waals surface area contributed by atoms with Crippen LogP contribution in [0.5, 0.6) is 11.6 Å². The number of rotatable bonds is 8. The van der Waals surface area contributed by atoms with Crippen molar-refractivity contribution in [2.24, 2.45) is 10.9 Å². The molecule has 5 rings (SSSR count). The van der Waals surface area contributed by atoms with Crippen molar-refractivity contribution in [1.82, 2.24) is 9.97 Å². The van der Waals surface area contributed by atoms with Gasteiger partial charge in [-0.1, -0.05) is 56.3 Å². The molecule has 0 bridgehead atoms. The Morgan fingerprint density at radius 3 is 2.54 bits per heavy atom. The fourth-order valence-corrected chi connectivity index (χ4v) is 5.55. The first kappa shape index (κ1) is 28.1. The number of fused-ring (bicyclic) bond motifs is 1. The summed E-state index contributed by atoms with van der Waals surface area (Å²) in [6.45, 7) is 8.56. The summed E-state index contributed by atoms with van der Waals surface area (Å²) in [7, 11) is 0. The first-order chi connectivity index (χ1) is 19.7. The molecule has 1 atom stereocenters. The number of thiophene rings is 1. The zero-order valence-corrected chi connectivity index (χ0v) is 23.7. The monoisotopic (exact) mass is 574 g/mol. The molecule has 1 aliphatic heterocycles. The molecular weight excluding hydrogens is 544 g/mol. The van der Waals surface area contributed by atoms with Gasteiger partial charge in [0.15, 0.2) is 6.04 Å². The third kappa shape index (κ3) is 6.03. The Labute approximate surface area is 240 Å². The summed E-state index contributed by atoms with van der Waals surface area (Å²) in [5, 5.41) is 7.15. The average Bonchev–Trinajstić information content (AvgIpc) is 3.40. The molecule has 1 unspecified atom stereocenters. The molecule has 3 N–H and O–H groups in total. The summed E-state index contributed by atoms with van der Waals surface area (Å²) in [4.78, 5) is 49.5. The third-order valence-electron chi connectivity index (χ3n) is 6.64. The van der Waals surface area contributed by atoms with Crippen molar-refractivity contribution >= 4 is 45.6 Å². The lowest BCUT2D eigenvalue weighted by atomic mass is 9.94. The standard InChI is InChI=1S/C29H30N6O5S/c1-29(2,3)22-16-20(25(41-22)26(30)36)32-27(37)24(34-38)19-8-9-21(18-7-5-4-6-17(18)19)40-23-10-11-31-28(33-23)35-12-14-39-15-13-35/h4-11,16,24H,12-15H2,1-3H3,(H2,30,36)(H,32,37). The van der Waals surface area contributed by atoms with E-state index in [1.165, 1.54) is 11.3 Å². The lowest BCUT2D eigenvalue weighted by Crippen LogP contribution is -2.37. The van der Waals surface area contributed by atoms with Crippen molar-refractivity contribution in [3.05, 3.63) is 75.0 Å². The van der Waals surface area contributed by atoms with Gasteiger partial charge < -0.3 is 25.4 Å². The van der Waals surface area contributed by atoms with Crippen LogP contribution in [-0.4, -0.2) is 48.1 Å². The molecule has 0 spiro atoms. The summed E-state index contributed by atoms with van der Waals surface area (Å²) in [5.41, 5.74) is 5.96. The molecule has 3 heterocycles. The molecule has 2 amide bonds. The molecule has 0 radical (unpaired) electrons. The summed E-state index contributed by atoms with van der Waals surface area (Å²) in [6, 6.07) is 12.6. The highest BCUT2D eigenvalue weighted by atomic mass is 32.1. The number of ether oxygens (including phenoxy) is 2. The minimum Gasteiger partial charge on any atom is -0.438 e. The molecule has 41 heavy (non-hydrogen) atoms. The first-order valence-corrected chi connectivity index (χ1v) is 13.9. The van der Waals surface area contributed by atoms with Crippen LogP contribution in [0.3, 0.4) is 0 Å². The number of morpholine rings is 1. The number of nitrogens with two attached hydrogens (primary N) is 1. The predicted molar refractivity (Wildman–Crippen MR) is 158 cm³/mol. The summed E-state index contributed by atoms with van der Waals surface area (Å²) in [6.07, 6.45) is 1.64. The van der Waals surface area contributed by atoms with Crippen LogP contribution in [0.1, 0.15) is 46.9 Å². The minimum atomic E-state index is -1.39. The molecule has 1 saturated heterocycles. The molecule has 0 saturated carbocycles. The number of amides is 2. The van der Waals surface area contributed by atoms with Gasteiger partial charge in [0.05, 0.1) is 18.9 Å². The van der Waals surface area contributed by atoms with Gasteiger partial charge in [-0.2, -0.15) is 4.98 Å². The van der Waals surface area contributed by atoms with Crippen molar-refractivity contribution in [1.29, 1.82) is 0 Å². The molecule has 2 aromatic carbocycles. The van der Waals surface area contributed by atoms with E-state index in [4.69, 9.17) is 15.2 Å². The molecule has 4 aromatic rings. The second-order valence-corrected chi connectivity index (χ2v) is 11.6. The van der Waals surface area contributed by atoms with Crippen LogP contribution in [0.15, 0.2) is 59.9 Å². The predicted octanol–water partition coefficient (Wildman–Crippen LogP) is 5.16. The number of hydrogen-bond acceptors (Lipinski definition) is 10. The van der Waals surface area contributed by atoms with Crippen LogP contribution in [0.25, 0.3) is 10.8 Å². The third-order valence-corrected chi connectivity index (χ3v) is 8.22. The Balaban J connectivity index is 1.44.